The van der Waals surface area contributed by atoms with Crippen LogP contribution >= 0.6 is 49.6 Å². The van der Waals surface area contributed by atoms with E-state index in [-0.39, 0.29) is 78.9 Å². The highest BCUT2D eigenvalue weighted by atomic mass is 35.5. The van der Waals surface area contributed by atoms with Gasteiger partial charge in [-0.3, -0.25) is 24.6 Å². The van der Waals surface area contributed by atoms with Crippen molar-refractivity contribution in [2.45, 2.75) is 89.8 Å². The first-order valence-electron chi connectivity index (χ1n) is 15.4. The fourth-order valence-corrected chi connectivity index (χ4v) is 4.64. The van der Waals surface area contributed by atoms with Crippen molar-refractivity contribution >= 4 is 90.0 Å². The zero-order chi connectivity index (χ0) is 33.6. The van der Waals surface area contributed by atoms with E-state index in [0.29, 0.717) is 51.7 Å². The lowest BCUT2D eigenvalue weighted by Gasteiger charge is -2.22. The van der Waals surface area contributed by atoms with Crippen LogP contribution in [0.25, 0.3) is 10.9 Å². The topological polar surface area (TPSA) is 247 Å². The molecule has 2 aromatic rings. The molecular weight excluding hydrogens is 716 g/mol. The number of carbonyl (C=O) groups excluding carboxylic acids is 2. The molecule has 49 heavy (non-hydrogen) atoms. The van der Waals surface area contributed by atoms with E-state index >= 15 is 0 Å². The Morgan fingerprint density at radius 1 is 0.878 bits per heavy atom. The molecule has 1 heterocycles. The summed E-state index contributed by atoms with van der Waals surface area (Å²) in [7, 11) is 1.65. The van der Waals surface area contributed by atoms with E-state index in [4.69, 9.17) is 38.4 Å². The van der Waals surface area contributed by atoms with Crippen LogP contribution in [0.2, 0.25) is 0 Å². The lowest BCUT2D eigenvalue weighted by Crippen LogP contribution is -2.51. The van der Waals surface area contributed by atoms with E-state index < -0.39 is 18.0 Å². The number of guanidine groups is 2. The number of carbonyl (C=O) groups is 2. The fraction of sp³-hybridized carbons (Fsp3) is 0.581. The van der Waals surface area contributed by atoms with Crippen molar-refractivity contribution in [3.63, 3.8) is 0 Å². The number of fused-ring (bicyclic) bond motifs is 1. The Balaban J connectivity index is -0.00000529. The number of nitrogens with one attached hydrogen (secondary N) is 3. The van der Waals surface area contributed by atoms with Gasteiger partial charge in [0, 0.05) is 48.2 Å². The van der Waals surface area contributed by atoms with Crippen LogP contribution in [0, 0.1) is 0 Å². The summed E-state index contributed by atoms with van der Waals surface area (Å²) >= 11 is 0. The lowest BCUT2D eigenvalue weighted by molar-refractivity contribution is -0.129. The van der Waals surface area contributed by atoms with Crippen LogP contribution in [0.15, 0.2) is 34.3 Å². The molecule has 0 saturated heterocycles. The van der Waals surface area contributed by atoms with E-state index in [1.54, 1.807) is 7.11 Å². The van der Waals surface area contributed by atoms with Crippen LogP contribution in [-0.2, 0) is 15.0 Å². The summed E-state index contributed by atoms with van der Waals surface area (Å²) in [4.78, 5) is 38.7. The summed E-state index contributed by atoms with van der Waals surface area (Å²) < 4.78 is 5.52. The molecule has 14 nitrogen and oxygen atoms in total. The predicted octanol–water partition coefficient (Wildman–Crippen LogP) is 2.84. The molecule has 2 rings (SSSR count). The van der Waals surface area contributed by atoms with Gasteiger partial charge in [0.2, 0.25) is 11.8 Å². The maximum absolute atomic E-state index is 13.1. The van der Waals surface area contributed by atoms with Gasteiger partial charge in [-0.15, -0.1) is 49.6 Å². The Morgan fingerprint density at radius 3 is 2.02 bits per heavy atom. The van der Waals surface area contributed by atoms with Gasteiger partial charge in [0.25, 0.3) is 0 Å². The van der Waals surface area contributed by atoms with Crippen LogP contribution < -0.4 is 49.4 Å². The first kappa shape index (κ1) is 50.2. The Morgan fingerprint density at radius 2 is 1.47 bits per heavy atom. The van der Waals surface area contributed by atoms with Crippen molar-refractivity contribution in [3.8, 4) is 5.75 Å². The molecule has 0 aliphatic rings. The second-order valence-electron chi connectivity index (χ2n) is 12.2. The van der Waals surface area contributed by atoms with E-state index in [0.717, 1.165) is 34.5 Å². The number of rotatable bonds is 18. The van der Waals surface area contributed by atoms with E-state index in [2.05, 4.69) is 65.8 Å². The summed E-state index contributed by atoms with van der Waals surface area (Å²) in [5.74, 6) is -0.0161. The number of hydrogen-bond donors (Lipinski definition) is 8. The Kier molecular flexibility index (Phi) is 25.5. The number of ether oxygens (including phenoxy) is 1. The number of benzene rings is 1. The number of aromatic nitrogens is 1. The highest BCUT2D eigenvalue weighted by Gasteiger charge is 2.23. The largest absolute Gasteiger partial charge is 0.497 e. The Labute approximate surface area is 315 Å². The number of nitrogens with zero attached hydrogens (tertiary/aromatic N) is 3. The zero-order valence-corrected chi connectivity index (χ0v) is 32.3. The molecule has 18 heteroatoms. The van der Waals surface area contributed by atoms with Crippen molar-refractivity contribution in [1.29, 1.82) is 0 Å². The van der Waals surface area contributed by atoms with Crippen molar-refractivity contribution in [2.24, 2.45) is 38.7 Å². The average molecular weight is 774 g/mol. The van der Waals surface area contributed by atoms with E-state index in [9.17, 15) is 9.59 Å². The molecule has 0 spiro atoms. The standard InChI is InChI=1S/C31H53N11O3.4ClH/c1-19(40-24-18-21(45-5)17-20-12-13-25(31(2,3)4)42-26(20)24)9-6-14-37-28(44)23(11-8-16-39-30(35)36)41-27(43)22(32)10-7-15-38-29(33)34;;;;/h12-13,17-19,22-23,40H,6-11,14-16,32H2,1-5H3,(H,37,44)(H,41,43)(H4,33,34,38)(H4,35,36,39);4*1H/t19?,22-,23-;;;;/m1..../s1. The minimum atomic E-state index is -0.805. The minimum Gasteiger partial charge on any atom is -0.497 e. The van der Waals surface area contributed by atoms with Gasteiger partial charge in [-0.1, -0.05) is 26.8 Å². The molecule has 0 saturated carbocycles. The number of nitrogens with two attached hydrogens (primary N) is 5. The quantitative estimate of drug-likeness (QED) is 0.0625. The monoisotopic (exact) mass is 771 g/mol. The van der Waals surface area contributed by atoms with Crippen molar-refractivity contribution < 1.29 is 14.3 Å². The van der Waals surface area contributed by atoms with Crippen molar-refractivity contribution in [3.05, 3.63) is 30.0 Å². The van der Waals surface area contributed by atoms with E-state index in [1.165, 1.54) is 0 Å². The lowest BCUT2D eigenvalue weighted by atomic mass is 9.91. The summed E-state index contributed by atoms with van der Waals surface area (Å²) in [5, 5.41) is 10.3. The third-order valence-electron chi connectivity index (χ3n) is 7.17. The fourth-order valence-electron chi connectivity index (χ4n) is 4.64. The number of amides is 2. The number of aliphatic imine (C=N–C) groups is 2. The van der Waals surface area contributed by atoms with E-state index in [1.807, 2.05) is 12.1 Å². The van der Waals surface area contributed by atoms with Crippen molar-refractivity contribution in [1.82, 2.24) is 15.6 Å². The molecule has 1 aromatic carbocycles. The van der Waals surface area contributed by atoms with Crippen LogP contribution in [0.3, 0.4) is 0 Å². The smallest absolute Gasteiger partial charge is 0.242 e. The molecule has 3 atom stereocenters. The van der Waals surface area contributed by atoms with Gasteiger partial charge in [0.1, 0.15) is 11.8 Å². The molecule has 0 aliphatic carbocycles. The van der Waals surface area contributed by atoms with Gasteiger partial charge in [0.15, 0.2) is 11.9 Å². The Hall–Kier alpha value is -3.17. The normalized spacial score (nSPS) is 12.2. The van der Waals surface area contributed by atoms with Gasteiger partial charge in [-0.25, -0.2) is 0 Å². The first-order valence-corrected chi connectivity index (χ1v) is 15.4. The van der Waals surface area contributed by atoms with Crippen LogP contribution in [0.5, 0.6) is 5.75 Å². The number of methoxy groups -OCH3 is 1. The highest BCUT2D eigenvalue weighted by molar-refractivity contribution is 5.92. The maximum Gasteiger partial charge on any atom is 0.242 e. The summed E-state index contributed by atoms with van der Waals surface area (Å²) in [6.45, 7) is 9.63. The molecule has 0 bridgehead atoms. The molecule has 1 unspecified atom stereocenters. The van der Waals surface area contributed by atoms with Gasteiger partial charge in [-0.2, -0.15) is 0 Å². The summed E-state index contributed by atoms with van der Waals surface area (Å²) in [6.07, 6.45) is 3.22. The van der Waals surface area contributed by atoms with Gasteiger partial charge in [-0.05, 0) is 57.6 Å². The predicted molar refractivity (Wildman–Crippen MR) is 211 cm³/mol. The molecule has 282 valence electrons. The highest BCUT2D eigenvalue weighted by Crippen LogP contribution is 2.31. The van der Waals surface area contributed by atoms with Crippen LogP contribution in [-0.4, -0.2) is 73.6 Å². The second kappa shape index (κ2) is 24.9. The molecular formula is C31H57Cl4N11O3. The molecule has 13 N–H and O–H groups in total. The third-order valence-corrected chi connectivity index (χ3v) is 7.17. The van der Waals surface area contributed by atoms with Gasteiger partial charge in [0.05, 0.1) is 24.4 Å². The summed E-state index contributed by atoms with van der Waals surface area (Å²) in [5.41, 5.74) is 30.2. The molecule has 0 aliphatic heterocycles. The minimum absolute atomic E-state index is 0. The second-order valence-corrected chi connectivity index (χ2v) is 12.2. The zero-order valence-electron chi connectivity index (χ0n) is 29.0. The summed E-state index contributed by atoms with van der Waals surface area (Å²) in [6, 6.07) is 6.57. The van der Waals surface area contributed by atoms with Crippen LogP contribution in [0.4, 0.5) is 5.69 Å². The number of anilines is 1. The SMILES string of the molecule is COc1cc(NC(C)CCCNC(=O)[C@@H](CCCN=C(N)N)NC(=O)[C@H](N)CCCN=C(N)N)c2nc(C(C)(C)C)ccc2c1.Cl.Cl.Cl.Cl. The number of hydrogen-bond acceptors (Lipinski definition) is 8. The first-order chi connectivity index (χ1) is 21.2. The number of halogens is 4. The van der Waals surface area contributed by atoms with Gasteiger partial charge < -0.3 is 49.4 Å². The molecule has 0 fully saturated rings. The number of pyridine rings is 1. The average Bonchev–Trinajstić information content (AvgIpc) is 2.97. The molecule has 0 radical (unpaired) electrons. The molecule has 2 amide bonds. The van der Waals surface area contributed by atoms with Crippen LogP contribution in [0.1, 0.15) is 71.9 Å². The van der Waals surface area contributed by atoms with Crippen molar-refractivity contribution in [2.75, 3.05) is 32.1 Å². The maximum atomic E-state index is 13.1. The Bertz CT molecular complexity index is 1340. The molecule has 1 aromatic heterocycles. The van der Waals surface area contributed by atoms with Gasteiger partial charge >= 0.3 is 0 Å². The third kappa shape index (κ3) is 18.4.